The molecule has 0 radical (unpaired) electrons. The van der Waals surface area contributed by atoms with Crippen molar-refractivity contribution in [2.24, 2.45) is 0 Å². The van der Waals surface area contributed by atoms with Crippen molar-refractivity contribution in [3.05, 3.63) is 27.7 Å². The summed E-state index contributed by atoms with van der Waals surface area (Å²) in [5.41, 5.74) is 1.45. The van der Waals surface area contributed by atoms with Crippen LogP contribution in [0.2, 0.25) is 5.02 Å². The second kappa shape index (κ2) is 7.17. The van der Waals surface area contributed by atoms with Crippen LogP contribution in [0.3, 0.4) is 0 Å². The molecular weight excluding hydrogens is 303 g/mol. The van der Waals surface area contributed by atoms with Crippen molar-refractivity contribution in [1.29, 1.82) is 0 Å². The molecule has 0 unspecified atom stereocenters. The molecule has 0 fully saturated rings. The molecule has 110 valence electrons. The van der Waals surface area contributed by atoms with E-state index >= 15 is 0 Å². The van der Waals surface area contributed by atoms with Gasteiger partial charge in [0.15, 0.2) is 4.77 Å². The zero-order chi connectivity index (χ0) is 14.5. The number of aromatic amines is 1. The molecule has 2 rings (SSSR count). The van der Waals surface area contributed by atoms with Gasteiger partial charge in [-0.3, -0.25) is 0 Å². The summed E-state index contributed by atoms with van der Waals surface area (Å²) in [7, 11) is 1.63. The minimum Gasteiger partial charge on any atom is -0.382 e. The van der Waals surface area contributed by atoms with E-state index in [0.29, 0.717) is 36.7 Å². The highest BCUT2D eigenvalue weighted by molar-refractivity contribution is 7.71. The summed E-state index contributed by atoms with van der Waals surface area (Å²) in [4.78, 5) is 3.02. The van der Waals surface area contributed by atoms with Gasteiger partial charge in [0, 0.05) is 26.3 Å². The number of halogens is 2. The highest BCUT2D eigenvalue weighted by Gasteiger charge is 2.08. The van der Waals surface area contributed by atoms with E-state index in [2.05, 4.69) is 4.98 Å². The molecule has 4 nitrogen and oxygen atoms in total. The normalized spacial score (nSPS) is 11.3. The first kappa shape index (κ1) is 15.4. The molecule has 0 aliphatic rings. The number of ether oxygens (including phenoxy) is 2. The molecule has 20 heavy (non-hydrogen) atoms. The lowest BCUT2D eigenvalue weighted by atomic mass is 10.3. The number of hydrogen-bond acceptors (Lipinski definition) is 3. The maximum absolute atomic E-state index is 13.5. The Balaban J connectivity index is 2.04. The van der Waals surface area contributed by atoms with Crippen LogP contribution in [0.25, 0.3) is 11.0 Å². The van der Waals surface area contributed by atoms with Crippen molar-refractivity contribution in [2.45, 2.75) is 13.0 Å². The Bertz CT molecular complexity index is 641. The van der Waals surface area contributed by atoms with Gasteiger partial charge in [0.2, 0.25) is 0 Å². The van der Waals surface area contributed by atoms with Gasteiger partial charge in [0.05, 0.1) is 29.3 Å². The minimum atomic E-state index is -0.446. The monoisotopic (exact) mass is 318 g/mol. The van der Waals surface area contributed by atoms with E-state index in [4.69, 9.17) is 33.3 Å². The molecule has 0 atom stereocenters. The van der Waals surface area contributed by atoms with Crippen molar-refractivity contribution >= 4 is 34.9 Å². The zero-order valence-corrected chi connectivity index (χ0v) is 12.7. The lowest BCUT2D eigenvalue weighted by molar-refractivity contribution is 0.0681. The van der Waals surface area contributed by atoms with Crippen molar-refractivity contribution in [3.63, 3.8) is 0 Å². The van der Waals surface area contributed by atoms with Crippen LogP contribution in [0.15, 0.2) is 12.1 Å². The van der Waals surface area contributed by atoms with Crippen LogP contribution in [0.4, 0.5) is 4.39 Å². The fraction of sp³-hybridized carbons (Fsp3) is 0.462. The Morgan fingerprint density at radius 2 is 2.15 bits per heavy atom. The molecule has 0 saturated heterocycles. The number of nitrogens with zero attached hydrogens (tertiary/aromatic N) is 1. The SMILES string of the molecule is COCCOCCCn1c(=S)[nH]c2cc(Cl)c(F)cc21. The predicted molar refractivity (Wildman–Crippen MR) is 79.4 cm³/mol. The number of hydrogen-bond donors (Lipinski definition) is 1. The van der Waals surface area contributed by atoms with Gasteiger partial charge in [-0.05, 0) is 24.7 Å². The third-order valence-electron chi connectivity index (χ3n) is 2.92. The van der Waals surface area contributed by atoms with Gasteiger partial charge in [0.25, 0.3) is 0 Å². The second-order valence-corrected chi connectivity index (χ2v) is 5.12. The number of aryl methyl sites for hydroxylation is 1. The first-order valence-corrected chi connectivity index (χ1v) is 7.06. The first-order valence-electron chi connectivity index (χ1n) is 6.27. The van der Waals surface area contributed by atoms with E-state index in [1.807, 2.05) is 4.57 Å². The second-order valence-electron chi connectivity index (χ2n) is 4.32. The molecular formula is C13H16ClFN2O2S. The summed E-state index contributed by atoms with van der Waals surface area (Å²) in [6.07, 6.45) is 0.787. The number of fused-ring (bicyclic) bond motifs is 1. The molecule has 1 heterocycles. The van der Waals surface area contributed by atoms with E-state index in [9.17, 15) is 4.39 Å². The Morgan fingerprint density at radius 1 is 1.35 bits per heavy atom. The third-order valence-corrected chi connectivity index (χ3v) is 3.53. The molecule has 0 amide bonds. The van der Waals surface area contributed by atoms with Gasteiger partial charge >= 0.3 is 0 Å². The van der Waals surface area contributed by atoms with Crippen LogP contribution in [-0.4, -0.2) is 36.5 Å². The quantitative estimate of drug-likeness (QED) is 0.627. The van der Waals surface area contributed by atoms with Crippen molar-refractivity contribution < 1.29 is 13.9 Å². The number of imidazole rings is 1. The van der Waals surface area contributed by atoms with Gasteiger partial charge in [0.1, 0.15) is 5.82 Å². The number of H-pyrrole nitrogens is 1. The van der Waals surface area contributed by atoms with Gasteiger partial charge < -0.3 is 19.0 Å². The van der Waals surface area contributed by atoms with Gasteiger partial charge in [-0.25, -0.2) is 4.39 Å². The maximum atomic E-state index is 13.5. The molecule has 0 aliphatic heterocycles. The molecule has 1 N–H and O–H groups in total. The number of methoxy groups -OCH3 is 1. The average molecular weight is 319 g/mol. The summed E-state index contributed by atoms with van der Waals surface area (Å²) in [6, 6.07) is 2.95. The maximum Gasteiger partial charge on any atom is 0.178 e. The van der Waals surface area contributed by atoms with Gasteiger partial charge in [-0.1, -0.05) is 11.6 Å². The molecule has 2 aromatic rings. The van der Waals surface area contributed by atoms with E-state index < -0.39 is 5.82 Å². The lowest BCUT2D eigenvalue weighted by Gasteiger charge is -2.06. The van der Waals surface area contributed by atoms with Gasteiger partial charge in [-0.15, -0.1) is 0 Å². The molecule has 1 aromatic carbocycles. The highest BCUT2D eigenvalue weighted by atomic mass is 35.5. The third kappa shape index (κ3) is 3.58. The molecule has 7 heteroatoms. The van der Waals surface area contributed by atoms with Gasteiger partial charge in [-0.2, -0.15) is 0 Å². The molecule has 0 saturated carbocycles. The first-order chi connectivity index (χ1) is 9.63. The smallest absolute Gasteiger partial charge is 0.178 e. The lowest BCUT2D eigenvalue weighted by Crippen LogP contribution is -2.06. The summed E-state index contributed by atoms with van der Waals surface area (Å²) in [5.74, 6) is -0.446. The Morgan fingerprint density at radius 3 is 2.90 bits per heavy atom. The average Bonchev–Trinajstić information content (AvgIpc) is 2.70. The number of rotatable bonds is 7. The summed E-state index contributed by atoms with van der Waals surface area (Å²) < 4.78 is 26.2. The zero-order valence-electron chi connectivity index (χ0n) is 11.1. The molecule has 1 aromatic heterocycles. The van der Waals surface area contributed by atoms with Crippen LogP contribution < -0.4 is 0 Å². The largest absolute Gasteiger partial charge is 0.382 e. The van der Waals surface area contributed by atoms with Crippen LogP contribution in [-0.2, 0) is 16.0 Å². The fourth-order valence-corrected chi connectivity index (χ4v) is 2.41. The molecule has 0 spiro atoms. The van der Waals surface area contributed by atoms with Crippen molar-refractivity contribution in [1.82, 2.24) is 9.55 Å². The van der Waals surface area contributed by atoms with Crippen molar-refractivity contribution in [3.8, 4) is 0 Å². The Kier molecular flexibility index (Phi) is 5.54. The Hall–Kier alpha value is -0.950. The van der Waals surface area contributed by atoms with Crippen LogP contribution in [0.1, 0.15) is 6.42 Å². The summed E-state index contributed by atoms with van der Waals surface area (Å²) >= 11 is 11.0. The fourth-order valence-electron chi connectivity index (χ4n) is 1.94. The topological polar surface area (TPSA) is 39.2 Å². The van der Waals surface area contributed by atoms with E-state index in [-0.39, 0.29) is 5.02 Å². The Labute approximate surface area is 126 Å². The van der Waals surface area contributed by atoms with Crippen LogP contribution in [0, 0.1) is 10.6 Å². The van der Waals surface area contributed by atoms with Crippen LogP contribution >= 0.6 is 23.8 Å². The number of aromatic nitrogens is 2. The van der Waals surface area contributed by atoms with Crippen LogP contribution in [0.5, 0.6) is 0 Å². The molecule has 0 aliphatic carbocycles. The van der Waals surface area contributed by atoms with E-state index in [1.54, 1.807) is 13.2 Å². The van der Waals surface area contributed by atoms with Crippen molar-refractivity contribution in [2.75, 3.05) is 26.9 Å². The van der Waals surface area contributed by atoms with E-state index in [1.165, 1.54) is 6.07 Å². The number of nitrogens with one attached hydrogen (secondary N) is 1. The predicted octanol–water partition coefficient (Wildman–Crippen LogP) is 3.54. The minimum absolute atomic E-state index is 0.0869. The molecule has 0 bridgehead atoms. The number of benzene rings is 1. The standard InChI is InChI=1S/C13H16ClFN2O2S/c1-18-5-6-19-4-2-3-17-12-8-10(15)9(14)7-11(12)16-13(17)20/h7-8H,2-6H2,1H3,(H,16,20). The highest BCUT2D eigenvalue weighted by Crippen LogP contribution is 2.22. The summed E-state index contributed by atoms with van der Waals surface area (Å²) in [6.45, 7) is 2.41. The summed E-state index contributed by atoms with van der Waals surface area (Å²) in [5, 5.41) is 0.0869. The van der Waals surface area contributed by atoms with E-state index in [0.717, 1.165) is 11.9 Å².